The molecule has 0 aromatic rings. The highest BCUT2D eigenvalue weighted by molar-refractivity contribution is 5.70. The Labute approximate surface area is 170 Å². The number of carbonyl (C=O) groups excluding carboxylic acids is 2. The molecule has 0 aromatic heterocycles. The summed E-state index contributed by atoms with van der Waals surface area (Å²) in [6.07, 6.45) is 11.6. The van der Waals surface area contributed by atoms with Crippen molar-refractivity contribution >= 4 is 17.9 Å². The SMILES string of the molecule is CCCCCCCC(=O)OCC(CCC(=O)O)COC(=O)CCCCCCC. The highest BCUT2D eigenvalue weighted by Gasteiger charge is 2.16. The summed E-state index contributed by atoms with van der Waals surface area (Å²) in [5.41, 5.74) is 0. The van der Waals surface area contributed by atoms with Crippen molar-refractivity contribution in [3.8, 4) is 0 Å². The number of aliphatic carboxylic acids is 1. The minimum atomic E-state index is -0.908. The smallest absolute Gasteiger partial charge is 0.305 e. The van der Waals surface area contributed by atoms with Crippen LogP contribution in [0, 0.1) is 5.92 Å². The number of esters is 2. The van der Waals surface area contributed by atoms with Crippen LogP contribution in [0.2, 0.25) is 0 Å². The first-order valence-corrected chi connectivity index (χ1v) is 11.0. The second kappa shape index (κ2) is 18.8. The topological polar surface area (TPSA) is 89.9 Å². The van der Waals surface area contributed by atoms with Gasteiger partial charge in [-0.15, -0.1) is 0 Å². The predicted octanol–water partition coefficient (Wildman–Crippen LogP) is 5.27. The first-order valence-electron chi connectivity index (χ1n) is 11.0. The zero-order chi connectivity index (χ0) is 21.0. The largest absolute Gasteiger partial charge is 0.481 e. The average Bonchev–Trinajstić information content (AvgIpc) is 2.66. The van der Waals surface area contributed by atoms with Crippen LogP contribution in [-0.4, -0.2) is 36.2 Å². The van der Waals surface area contributed by atoms with Gasteiger partial charge in [0.1, 0.15) is 0 Å². The van der Waals surface area contributed by atoms with Gasteiger partial charge in [0.15, 0.2) is 0 Å². The summed E-state index contributed by atoms with van der Waals surface area (Å²) >= 11 is 0. The van der Waals surface area contributed by atoms with E-state index in [1.54, 1.807) is 0 Å². The van der Waals surface area contributed by atoms with E-state index in [0.29, 0.717) is 19.3 Å². The van der Waals surface area contributed by atoms with Gasteiger partial charge in [0.05, 0.1) is 13.2 Å². The Morgan fingerprint density at radius 2 is 1.11 bits per heavy atom. The molecule has 1 N–H and O–H groups in total. The molecule has 28 heavy (non-hydrogen) atoms. The van der Waals surface area contributed by atoms with E-state index in [4.69, 9.17) is 14.6 Å². The molecular formula is C22H40O6. The van der Waals surface area contributed by atoms with Gasteiger partial charge in [0.2, 0.25) is 0 Å². The summed E-state index contributed by atoms with van der Waals surface area (Å²) in [5.74, 6) is -1.71. The standard InChI is InChI=1S/C22H40O6/c1-3-5-7-9-11-13-21(25)27-17-19(15-16-20(23)24)18-28-22(26)14-12-10-8-6-4-2/h19H,3-18H2,1-2H3,(H,23,24). The van der Waals surface area contributed by atoms with E-state index < -0.39 is 5.97 Å². The first kappa shape index (κ1) is 26.4. The van der Waals surface area contributed by atoms with E-state index in [0.717, 1.165) is 51.4 Å². The molecule has 0 saturated carbocycles. The van der Waals surface area contributed by atoms with Gasteiger partial charge in [0, 0.05) is 25.2 Å². The molecule has 6 nitrogen and oxygen atoms in total. The zero-order valence-electron chi connectivity index (χ0n) is 17.9. The summed E-state index contributed by atoms with van der Waals surface area (Å²) in [6, 6.07) is 0. The molecule has 0 aromatic carbocycles. The van der Waals surface area contributed by atoms with Gasteiger partial charge in [-0.3, -0.25) is 14.4 Å². The van der Waals surface area contributed by atoms with Gasteiger partial charge in [-0.2, -0.15) is 0 Å². The van der Waals surface area contributed by atoms with E-state index in [1.807, 2.05) is 0 Å². The van der Waals surface area contributed by atoms with Gasteiger partial charge >= 0.3 is 17.9 Å². The Balaban J connectivity index is 4.08. The molecule has 0 aliphatic carbocycles. The number of carbonyl (C=O) groups is 3. The molecule has 0 fully saturated rings. The summed E-state index contributed by atoms with van der Waals surface area (Å²) in [5, 5.41) is 8.88. The Bertz CT molecular complexity index is 391. The number of carboxylic acid groups (broad SMARTS) is 1. The number of rotatable bonds is 19. The van der Waals surface area contributed by atoms with E-state index >= 15 is 0 Å². The molecule has 0 unspecified atom stereocenters. The maximum atomic E-state index is 11.8. The van der Waals surface area contributed by atoms with Gasteiger partial charge < -0.3 is 14.6 Å². The maximum Gasteiger partial charge on any atom is 0.305 e. The summed E-state index contributed by atoms with van der Waals surface area (Å²) in [4.78, 5) is 34.5. The van der Waals surface area contributed by atoms with E-state index in [1.165, 1.54) is 12.8 Å². The first-order chi connectivity index (χ1) is 13.5. The highest BCUT2D eigenvalue weighted by Crippen LogP contribution is 2.12. The fourth-order valence-electron chi connectivity index (χ4n) is 2.85. The lowest BCUT2D eigenvalue weighted by molar-refractivity contribution is -0.149. The van der Waals surface area contributed by atoms with E-state index in [-0.39, 0.29) is 37.5 Å². The molecule has 0 aliphatic rings. The molecule has 164 valence electrons. The maximum absolute atomic E-state index is 11.8. The van der Waals surface area contributed by atoms with Crippen molar-refractivity contribution < 1.29 is 29.0 Å². The molecule has 0 atom stereocenters. The van der Waals surface area contributed by atoms with E-state index in [2.05, 4.69) is 13.8 Å². The van der Waals surface area contributed by atoms with Crippen molar-refractivity contribution in [1.82, 2.24) is 0 Å². The monoisotopic (exact) mass is 400 g/mol. The lowest BCUT2D eigenvalue weighted by atomic mass is 10.1. The molecule has 6 heteroatoms. The number of hydrogen-bond donors (Lipinski definition) is 1. The Kier molecular flexibility index (Phi) is 17.7. The van der Waals surface area contributed by atoms with Crippen LogP contribution in [0.25, 0.3) is 0 Å². The fourth-order valence-corrected chi connectivity index (χ4v) is 2.85. The van der Waals surface area contributed by atoms with Crippen LogP contribution in [-0.2, 0) is 23.9 Å². The van der Waals surface area contributed by atoms with Crippen LogP contribution in [0.3, 0.4) is 0 Å². The van der Waals surface area contributed by atoms with Gasteiger partial charge in [-0.1, -0.05) is 65.2 Å². The third-order valence-corrected chi connectivity index (χ3v) is 4.70. The fraction of sp³-hybridized carbons (Fsp3) is 0.864. The summed E-state index contributed by atoms with van der Waals surface area (Å²) in [7, 11) is 0. The number of unbranched alkanes of at least 4 members (excludes halogenated alkanes) is 8. The average molecular weight is 401 g/mol. The molecule has 0 bridgehead atoms. The molecule has 0 rings (SSSR count). The van der Waals surface area contributed by atoms with Gasteiger partial charge in [-0.05, 0) is 19.3 Å². The summed E-state index contributed by atoms with van der Waals surface area (Å²) in [6.45, 7) is 4.49. The Morgan fingerprint density at radius 3 is 1.50 bits per heavy atom. The Morgan fingerprint density at radius 1 is 0.679 bits per heavy atom. The van der Waals surface area contributed by atoms with Crippen LogP contribution in [0.15, 0.2) is 0 Å². The van der Waals surface area contributed by atoms with Crippen LogP contribution in [0.5, 0.6) is 0 Å². The van der Waals surface area contributed by atoms with Crippen LogP contribution < -0.4 is 0 Å². The third kappa shape index (κ3) is 17.8. The van der Waals surface area contributed by atoms with Crippen molar-refractivity contribution in [2.75, 3.05) is 13.2 Å². The van der Waals surface area contributed by atoms with Gasteiger partial charge in [-0.25, -0.2) is 0 Å². The number of ether oxygens (including phenoxy) is 2. The summed E-state index contributed by atoms with van der Waals surface area (Å²) < 4.78 is 10.6. The third-order valence-electron chi connectivity index (χ3n) is 4.70. The Hall–Kier alpha value is -1.59. The van der Waals surface area contributed by atoms with Crippen molar-refractivity contribution in [1.29, 1.82) is 0 Å². The lowest BCUT2D eigenvalue weighted by Crippen LogP contribution is -2.22. The van der Waals surface area contributed by atoms with Crippen LogP contribution in [0.4, 0.5) is 0 Å². The van der Waals surface area contributed by atoms with Crippen molar-refractivity contribution in [3.63, 3.8) is 0 Å². The molecule has 0 spiro atoms. The van der Waals surface area contributed by atoms with Crippen molar-refractivity contribution in [2.45, 2.75) is 104 Å². The molecule has 0 aliphatic heterocycles. The zero-order valence-corrected chi connectivity index (χ0v) is 17.9. The molecule has 0 heterocycles. The van der Waals surface area contributed by atoms with Crippen LogP contribution >= 0.6 is 0 Å². The van der Waals surface area contributed by atoms with E-state index in [9.17, 15) is 14.4 Å². The molecule has 0 radical (unpaired) electrons. The minimum absolute atomic E-state index is 0.0339. The second-order valence-electron chi connectivity index (χ2n) is 7.49. The predicted molar refractivity (Wildman–Crippen MR) is 109 cm³/mol. The molecule has 0 amide bonds. The van der Waals surface area contributed by atoms with Crippen molar-refractivity contribution in [3.05, 3.63) is 0 Å². The normalized spacial score (nSPS) is 10.8. The van der Waals surface area contributed by atoms with Crippen molar-refractivity contribution in [2.24, 2.45) is 5.92 Å². The number of carboxylic acids is 1. The van der Waals surface area contributed by atoms with Crippen LogP contribution in [0.1, 0.15) is 104 Å². The minimum Gasteiger partial charge on any atom is -0.481 e. The number of hydrogen-bond acceptors (Lipinski definition) is 5. The molecule has 0 saturated heterocycles. The molecular weight excluding hydrogens is 360 g/mol. The quantitative estimate of drug-likeness (QED) is 0.234. The highest BCUT2D eigenvalue weighted by atomic mass is 16.5. The van der Waals surface area contributed by atoms with Gasteiger partial charge in [0.25, 0.3) is 0 Å². The second-order valence-corrected chi connectivity index (χ2v) is 7.49. The lowest BCUT2D eigenvalue weighted by Gasteiger charge is -2.16.